The highest BCUT2D eigenvalue weighted by atomic mass is 16.7. The van der Waals surface area contributed by atoms with E-state index in [0.29, 0.717) is 23.7 Å². The van der Waals surface area contributed by atoms with Gasteiger partial charge in [0.1, 0.15) is 11.5 Å². The second kappa shape index (κ2) is 4.73. The van der Waals surface area contributed by atoms with Gasteiger partial charge in [-0.25, -0.2) is 0 Å². The van der Waals surface area contributed by atoms with Crippen molar-refractivity contribution in [3.05, 3.63) is 23.3 Å². The highest BCUT2D eigenvalue weighted by Crippen LogP contribution is 2.32. The molecule has 1 aromatic carbocycles. The molecule has 0 spiro atoms. The molecule has 1 aliphatic rings. The molecule has 92 valence electrons. The van der Waals surface area contributed by atoms with Crippen molar-refractivity contribution < 1.29 is 19.0 Å². The number of benzene rings is 1. The Labute approximate surface area is 99.5 Å². The first-order valence-electron chi connectivity index (χ1n) is 5.34. The fraction of sp³-hybridized carbons (Fsp3) is 0.417. The lowest BCUT2D eigenvalue weighted by Crippen LogP contribution is -2.27. The zero-order valence-electron chi connectivity index (χ0n) is 9.86. The summed E-state index contributed by atoms with van der Waals surface area (Å²) in [6, 6.07) is 2.86. The molecular weight excluding hydrogens is 222 g/mol. The highest BCUT2D eigenvalue weighted by molar-refractivity contribution is 6.02. The minimum absolute atomic E-state index is 0.167. The van der Waals surface area contributed by atoms with Crippen molar-refractivity contribution in [1.29, 1.82) is 0 Å². The lowest BCUT2D eigenvalue weighted by molar-refractivity contribution is -0.0165. The molecule has 0 saturated carbocycles. The van der Waals surface area contributed by atoms with Gasteiger partial charge in [0.2, 0.25) is 0 Å². The van der Waals surface area contributed by atoms with E-state index in [4.69, 9.17) is 19.9 Å². The Morgan fingerprint density at radius 2 is 2.29 bits per heavy atom. The first kappa shape index (κ1) is 11.9. The monoisotopic (exact) mass is 237 g/mol. The van der Waals surface area contributed by atoms with Gasteiger partial charge in [0.05, 0.1) is 25.3 Å². The van der Waals surface area contributed by atoms with Crippen molar-refractivity contribution in [2.24, 2.45) is 5.73 Å². The summed E-state index contributed by atoms with van der Waals surface area (Å²) < 4.78 is 15.7. The third-order valence-corrected chi connectivity index (χ3v) is 2.62. The first-order chi connectivity index (χ1) is 8.13. The van der Waals surface area contributed by atoms with Crippen LogP contribution in [0.1, 0.15) is 22.8 Å². The van der Waals surface area contributed by atoms with Gasteiger partial charge in [-0.05, 0) is 19.1 Å². The van der Waals surface area contributed by atoms with E-state index in [1.54, 1.807) is 19.1 Å². The van der Waals surface area contributed by atoms with E-state index < -0.39 is 6.04 Å². The van der Waals surface area contributed by atoms with Gasteiger partial charge in [0.25, 0.3) is 0 Å². The average molecular weight is 237 g/mol. The normalized spacial score (nSPS) is 15.7. The molecule has 1 unspecified atom stereocenters. The summed E-state index contributed by atoms with van der Waals surface area (Å²) in [7, 11) is 1.52. The van der Waals surface area contributed by atoms with Crippen LogP contribution in [-0.4, -0.2) is 25.7 Å². The molecule has 2 N–H and O–H groups in total. The molecule has 0 amide bonds. The molecule has 1 heterocycles. The SMILES string of the molecule is COc1cc2c(cc1C(=O)C(C)N)OCOC2. The second-order valence-corrected chi connectivity index (χ2v) is 3.92. The topological polar surface area (TPSA) is 70.8 Å². The van der Waals surface area contributed by atoms with E-state index in [9.17, 15) is 4.79 Å². The molecule has 2 rings (SSSR count). The quantitative estimate of drug-likeness (QED) is 0.797. The van der Waals surface area contributed by atoms with Gasteiger partial charge in [-0.2, -0.15) is 0 Å². The molecular formula is C12H15NO4. The number of Topliss-reactive ketones (excluding diaryl/α,β-unsaturated/α-hetero) is 1. The van der Waals surface area contributed by atoms with Crippen molar-refractivity contribution in [2.45, 2.75) is 19.6 Å². The number of fused-ring (bicyclic) bond motifs is 1. The summed E-state index contributed by atoms with van der Waals surface area (Å²) in [6.45, 7) is 2.30. The zero-order chi connectivity index (χ0) is 12.4. The summed E-state index contributed by atoms with van der Waals surface area (Å²) in [5.74, 6) is 0.987. The second-order valence-electron chi connectivity index (χ2n) is 3.92. The van der Waals surface area contributed by atoms with Crippen molar-refractivity contribution in [1.82, 2.24) is 0 Å². The molecule has 5 heteroatoms. The zero-order valence-corrected chi connectivity index (χ0v) is 9.86. The van der Waals surface area contributed by atoms with E-state index in [1.807, 2.05) is 0 Å². The Morgan fingerprint density at radius 3 is 2.94 bits per heavy atom. The summed E-state index contributed by atoms with van der Waals surface area (Å²) in [6.07, 6.45) is 0. The van der Waals surface area contributed by atoms with E-state index in [1.165, 1.54) is 7.11 Å². The van der Waals surface area contributed by atoms with Crippen LogP contribution in [0.3, 0.4) is 0 Å². The maximum absolute atomic E-state index is 11.9. The molecule has 0 aliphatic carbocycles. The van der Waals surface area contributed by atoms with Gasteiger partial charge in [-0.1, -0.05) is 0 Å². The molecule has 0 aromatic heterocycles. The van der Waals surface area contributed by atoms with Crippen molar-refractivity contribution in [3.63, 3.8) is 0 Å². The highest BCUT2D eigenvalue weighted by Gasteiger charge is 2.21. The predicted octanol–water partition coefficient (Wildman–Crippen LogP) is 1.09. The van der Waals surface area contributed by atoms with Crippen LogP contribution in [0.4, 0.5) is 0 Å². The van der Waals surface area contributed by atoms with Crippen molar-refractivity contribution in [2.75, 3.05) is 13.9 Å². The summed E-state index contributed by atoms with van der Waals surface area (Å²) in [5, 5.41) is 0. The average Bonchev–Trinajstić information content (AvgIpc) is 2.36. The number of rotatable bonds is 3. The predicted molar refractivity (Wildman–Crippen MR) is 61.3 cm³/mol. The van der Waals surface area contributed by atoms with Gasteiger partial charge in [-0.15, -0.1) is 0 Å². The van der Waals surface area contributed by atoms with Crippen LogP contribution in [0.2, 0.25) is 0 Å². The van der Waals surface area contributed by atoms with Crippen molar-refractivity contribution in [3.8, 4) is 11.5 Å². The van der Waals surface area contributed by atoms with Crippen LogP contribution in [0, 0.1) is 0 Å². The fourth-order valence-corrected chi connectivity index (χ4v) is 1.71. The van der Waals surface area contributed by atoms with Gasteiger partial charge >= 0.3 is 0 Å². The minimum Gasteiger partial charge on any atom is -0.496 e. The molecule has 0 radical (unpaired) electrons. The molecule has 0 saturated heterocycles. The van der Waals surface area contributed by atoms with E-state index in [0.717, 1.165) is 5.56 Å². The standard InChI is InChI=1S/C12H15NO4/c1-7(13)12(14)9-4-10-8(3-11(9)15-2)5-16-6-17-10/h3-4,7H,5-6,13H2,1-2H3. The van der Waals surface area contributed by atoms with E-state index in [-0.39, 0.29) is 12.6 Å². The van der Waals surface area contributed by atoms with Gasteiger partial charge in [0.15, 0.2) is 12.6 Å². The Bertz CT molecular complexity index is 442. The molecule has 1 aromatic rings. The minimum atomic E-state index is -0.568. The molecule has 5 nitrogen and oxygen atoms in total. The van der Waals surface area contributed by atoms with Gasteiger partial charge in [-0.3, -0.25) is 4.79 Å². The third-order valence-electron chi connectivity index (χ3n) is 2.62. The molecule has 17 heavy (non-hydrogen) atoms. The number of ether oxygens (including phenoxy) is 3. The lowest BCUT2D eigenvalue weighted by Gasteiger charge is -2.20. The van der Waals surface area contributed by atoms with Gasteiger partial charge < -0.3 is 19.9 Å². The van der Waals surface area contributed by atoms with Crippen LogP contribution < -0.4 is 15.2 Å². The van der Waals surface area contributed by atoms with Crippen LogP contribution in [0.15, 0.2) is 12.1 Å². The molecule has 0 fully saturated rings. The molecule has 0 bridgehead atoms. The summed E-state index contributed by atoms with van der Waals surface area (Å²) >= 11 is 0. The summed E-state index contributed by atoms with van der Waals surface area (Å²) in [5.41, 5.74) is 6.91. The maximum Gasteiger partial charge on any atom is 0.189 e. The third kappa shape index (κ3) is 2.25. The number of methoxy groups -OCH3 is 1. The molecule has 1 atom stereocenters. The van der Waals surface area contributed by atoms with Crippen LogP contribution >= 0.6 is 0 Å². The Hall–Kier alpha value is -1.59. The fourth-order valence-electron chi connectivity index (χ4n) is 1.71. The van der Waals surface area contributed by atoms with E-state index in [2.05, 4.69) is 0 Å². The number of carbonyl (C=O) groups is 1. The molecule has 1 aliphatic heterocycles. The number of nitrogens with two attached hydrogens (primary N) is 1. The van der Waals surface area contributed by atoms with Crippen molar-refractivity contribution >= 4 is 5.78 Å². The Morgan fingerprint density at radius 1 is 1.53 bits per heavy atom. The maximum atomic E-state index is 11.9. The number of ketones is 1. The lowest BCUT2D eigenvalue weighted by atomic mass is 10.0. The Balaban J connectivity index is 2.47. The first-order valence-corrected chi connectivity index (χ1v) is 5.34. The summed E-state index contributed by atoms with van der Waals surface area (Å²) in [4.78, 5) is 11.9. The van der Waals surface area contributed by atoms with Gasteiger partial charge in [0, 0.05) is 5.56 Å². The number of hydrogen-bond acceptors (Lipinski definition) is 5. The van der Waals surface area contributed by atoms with Crippen LogP contribution in [0.5, 0.6) is 11.5 Å². The Kier molecular flexibility index (Phi) is 3.31. The largest absolute Gasteiger partial charge is 0.496 e. The number of carbonyl (C=O) groups excluding carboxylic acids is 1. The van der Waals surface area contributed by atoms with Crippen LogP contribution in [0.25, 0.3) is 0 Å². The smallest absolute Gasteiger partial charge is 0.189 e. The number of hydrogen-bond donors (Lipinski definition) is 1. The van der Waals surface area contributed by atoms with Crippen LogP contribution in [-0.2, 0) is 11.3 Å². The van der Waals surface area contributed by atoms with E-state index >= 15 is 0 Å².